The number of carbonyl (C=O) groups excluding carboxylic acids is 2. The summed E-state index contributed by atoms with van der Waals surface area (Å²) in [6.45, 7) is 7.73. The van der Waals surface area contributed by atoms with Gasteiger partial charge in [0.05, 0.1) is 18.7 Å². The molecule has 4 atom stereocenters. The molecule has 5 heteroatoms. The summed E-state index contributed by atoms with van der Waals surface area (Å²) in [5.74, 6) is 0.311. The monoisotopic (exact) mass is 367 g/mol. The minimum Gasteiger partial charge on any atom is -0.293 e. The van der Waals surface area contributed by atoms with Gasteiger partial charge in [-0.3, -0.25) is 9.28 Å². The van der Waals surface area contributed by atoms with E-state index in [1.807, 2.05) is 26.0 Å². The zero-order chi connectivity index (χ0) is 18.6. The summed E-state index contributed by atoms with van der Waals surface area (Å²) >= 11 is 1.69. The molecule has 1 saturated carbocycles. The van der Waals surface area contributed by atoms with Gasteiger partial charge in [0.25, 0.3) is 0 Å². The van der Waals surface area contributed by atoms with Crippen LogP contribution < -0.4 is 0 Å². The van der Waals surface area contributed by atoms with Crippen LogP contribution in [-0.4, -0.2) is 34.8 Å². The molecule has 0 radical (unpaired) electrons. The predicted octanol–water partition coefficient (Wildman–Crippen LogP) is 3.34. The third-order valence-electron chi connectivity index (χ3n) is 7.84. The number of ketones is 1. The normalized spacial score (nSPS) is 45.2. The number of fused-ring (bicyclic) bond motifs is 2. The number of nitriles is 1. The summed E-state index contributed by atoms with van der Waals surface area (Å²) in [5, 5.41) is 11.5. The first-order valence-electron chi connectivity index (χ1n) is 9.31. The molecule has 3 unspecified atom stereocenters. The number of hydrogen-bond acceptors (Lipinski definition) is 4. The number of nitrogens with zero attached hydrogens (tertiary/aromatic N) is 2. The summed E-state index contributed by atoms with van der Waals surface area (Å²) in [5.41, 5.74) is -0.721. The second kappa shape index (κ2) is 4.37. The predicted molar refractivity (Wildman–Crippen MR) is 98.2 cm³/mol. The molecule has 1 aromatic heterocycles. The molecular formula is C21H23N2O2S+. The van der Waals surface area contributed by atoms with Crippen LogP contribution in [0.2, 0.25) is 0 Å². The number of carbonyl (C=O) groups is 2. The summed E-state index contributed by atoms with van der Waals surface area (Å²) in [6, 6.07) is 6.25. The number of hydrogen-bond donors (Lipinski definition) is 0. The maximum Gasteiger partial charge on any atom is 0.332 e. The van der Waals surface area contributed by atoms with Crippen LogP contribution in [0.5, 0.6) is 0 Å². The van der Waals surface area contributed by atoms with E-state index in [-0.39, 0.29) is 22.2 Å². The highest BCUT2D eigenvalue weighted by molar-refractivity contribution is 7.10. The molecule has 0 N–H and O–H groups in total. The van der Waals surface area contributed by atoms with Crippen molar-refractivity contribution in [3.63, 3.8) is 0 Å². The molecule has 4 aliphatic rings. The van der Waals surface area contributed by atoms with Gasteiger partial charge in [0.2, 0.25) is 0 Å². The fraction of sp³-hybridized carbons (Fsp3) is 0.571. The van der Waals surface area contributed by atoms with E-state index < -0.39 is 5.41 Å². The molecule has 0 bridgehead atoms. The van der Waals surface area contributed by atoms with Crippen LogP contribution in [0.15, 0.2) is 29.2 Å². The van der Waals surface area contributed by atoms with Crippen LogP contribution in [0.1, 0.15) is 44.9 Å². The van der Waals surface area contributed by atoms with Gasteiger partial charge in [0.15, 0.2) is 11.2 Å². The van der Waals surface area contributed by atoms with Gasteiger partial charge in [-0.1, -0.05) is 26.0 Å². The highest BCUT2D eigenvalue weighted by Crippen LogP contribution is 2.76. The highest BCUT2D eigenvalue weighted by Gasteiger charge is 2.96. The van der Waals surface area contributed by atoms with Crippen LogP contribution in [0.4, 0.5) is 0 Å². The van der Waals surface area contributed by atoms with Crippen LogP contribution in [0, 0.1) is 22.2 Å². The Morgan fingerprint density at radius 2 is 2.00 bits per heavy atom. The van der Waals surface area contributed by atoms with Crippen molar-refractivity contribution in [3.05, 3.63) is 34.0 Å². The first kappa shape index (κ1) is 16.4. The van der Waals surface area contributed by atoms with Crippen molar-refractivity contribution in [2.24, 2.45) is 10.8 Å². The Bertz CT molecular complexity index is 940. The summed E-state index contributed by atoms with van der Waals surface area (Å²) in [7, 11) is 0. The van der Waals surface area contributed by atoms with Crippen molar-refractivity contribution in [2.75, 3.05) is 13.1 Å². The number of β-lactam (4-membered cyclic amide) rings is 1. The van der Waals surface area contributed by atoms with E-state index in [0.717, 1.165) is 32.4 Å². The minimum atomic E-state index is -0.530. The molecule has 1 aromatic rings. The maximum atomic E-state index is 13.5. The second-order valence-electron chi connectivity index (χ2n) is 9.66. The van der Waals surface area contributed by atoms with E-state index >= 15 is 0 Å². The molecule has 3 fully saturated rings. The van der Waals surface area contributed by atoms with Crippen molar-refractivity contribution in [2.45, 2.75) is 51.0 Å². The van der Waals surface area contributed by atoms with Crippen LogP contribution in [-0.2, 0) is 15.0 Å². The van der Waals surface area contributed by atoms with Crippen molar-refractivity contribution in [1.29, 1.82) is 5.26 Å². The largest absolute Gasteiger partial charge is 0.332 e. The molecule has 2 saturated heterocycles. The summed E-state index contributed by atoms with van der Waals surface area (Å²) < 4.78 is 0.546. The summed E-state index contributed by atoms with van der Waals surface area (Å²) in [4.78, 5) is 27.2. The lowest BCUT2D eigenvalue weighted by Crippen LogP contribution is -2.74. The number of amides is 1. The van der Waals surface area contributed by atoms with Gasteiger partial charge in [-0.05, 0) is 24.8 Å². The average Bonchev–Trinajstić information content (AvgIpc) is 2.98. The second-order valence-corrected chi connectivity index (χ2v) is 10.6. The van der Waals surface area contributed by atoms with E-state index in [1.165, 1.54) is 4.88 Å². The average molecular weight is 367 g/mol. The third kappa shape index (κ3) is 1.52. The number of quaternary nitrogens is 1. The zero-order valence-electron chi connectivity index (χ0n) is 15.5. The lowest BCUT2D eigenvalue weighted by Gasteiger charge is -2.51. The minimum absolute atomic E-state index is 0.00924. The van der Waals surface area contributed by atoms with Gasteiger partial charge < -0.3 is 0 Å². The summed E-state index contributed by atoms with van der Waals surface area (Å²) in [6.07, 6.45) is 4.47. The molecule has 0 aromatic carbocycles. The SMILES string of the molecule is CC1(C)C[C@@]2(C=C(C#N)C1=O)CC[N+]1(C2)C(=O)C2(c3cccs3)CC21C. The van der Waals surface area contributed by atoms with E-state index in [1.54, 1.807) is 11.3 Å². The van der Waals surface area contributed by atoms with Crippen molar-refractivity contribution < 1.29 is 14.1 Å². The lowest BCUT2D eigenvalue weighted by molar-refractivity contribution is -0.906. The molecule has 134 valence electrons. The van der Waals surface area contributed by atoms with Crippen molar-refractivity contribution in [3.8, 4) is 6.07 Å². The van der Waals surface area contributed by atoms with E-state index in [4.69, 9.17) is 0 Å². The number of thiophene rings is 1. The fourth-order valence-electron chi connectivity index (χ4n) is 6.61. The number of rotatable bonds is 1. The molecule has 4 nitrogen and oxygen atoms in total. The van der Waals surface area contributed by atoms with Crippen LogP contribution in [0.25, 0.3) is 0 Å². The van der Waals surface area contributed by atoms with E-state index in [0.29, 0.717) is 16.0 Å². The van der Waals surface area contributed by atoms with Gasteiger partial charge in [-0.25, -0.2) is 4.79 Å². The Labute approximate surface area is 157 Å². The molecule has 26 heavy (non-hydrogen) atoms. The molecule has 3 heterocycles. The molecule has 5 rings (SSSR count). The smallest absolute Gasteiger partial charge is 0.293 e. The number of Topliss-reactive ketones (excluding diaryl/α,β-unsaturated/α-hetero) is 1. The van der Waals surface area contributed by atoms with Gasteiger partial charge in [0, 0.05) is 28.5 Å². The standard InChI is InChI=1S/C21H23N2O2S/c1-18(2)11-20(9-14(10-22)16(18)24)6-7-23(13-20)17(25)21(12-19(21,23)3)15-5-4-8-26-15/h4-5,8-9H,6-7,11-13H2,1-3H3/q+1/t19?,20-,21?,23?/m0/s1. The molecular weight excluding hydrogens is 344 g/mol. The van der Waals surface area contributed by atoms with Gasteiger partial charge >= 0.3 is 5.91 Å². The zero-order valence-corrected chi connectivity index (χ0v) is 16.3. The Hall–Kier alpha value is -1.77. The third-order valence-corrected chi connectivity index (χ3v) is 8.88. The van der Waals surface area contributed by atoms with E-state index in [9.17, 15) is 14.9 Å². The van der Waals surface area contributed by atoms with Crippen LogP contribution in [0.3, 0.4) is 0 Å². The van der Waals surface area contributed by atoms with Crippen LogP contribution >= 0.6 is 11.3 Å². The Balaban J connectivity index is 1.53. The molecule has 2 aliphatic heterocycles. The highest BCUT2D eigenvalue weighted by atomic mass is 32.1. The topological polar surface area (TPSA) is 57.9 Å². The Morgan fingerprint density at radius 3 is 2.62 bits per heavy atom. The quantitative estimate of drug-likeness (QED) is 0.565. The van der Waals surface area contributed by atoms with E-state index in [2.05, 4.69) is 24.4 Å². The first-order valence-corrected chi connectivity index (χ1v) is 10.2. The molecule has 2 aliphatic carbocycles. The van der Waals surface area contributed by atoms with Crippen molar-refractivity contribution in [1.82, 2.24) is 0 Å². The van der Waals surface area contributed by atoms with Gasteiger partial charge in [-0.2, -0.15) is 5.26 Å². The molecule has 2 spiro atoms. The Kier molecular flexibility index (Phi) is 2.76. The lowest BCUT2D eigenvalue weighted by atomic mass is 9.64. The maximum absolute atomic E-state index is 13.5. The van der Waals surface area contributed by atoms with Gasteiger partial charge in [0.1, 0.15) is 11.6 Å². The van der Waals surface area contributed by atoms with Gasteiger partial charge in [-0.15, -0.1) is 11.3 Å². The fourth-order valence-corrected chi connectivity index (χ4v) is 7.65. The molecule has 1 amide bonds. The van der Waals surface area contributed by atoms with Crippen molar-refractivity contribution >= 4 is 23.0 Å². The number of allylic oxidation sites excluding steroid dienone is 1. The Morgan fingerprint density at radius 1 is 1.23 bits per heavy atom. The first-order chi connectivity index (χ1) is 12.2.